The third-order valence-electron chi connectivity index (χ3n) is 3.50. The van der Waals surface area contributed by atoms with Crippen molar-refractivity contribution in [3.8, 4) is 11.5 Å². The number of methoxy groups -OCH3 is 1. The van der Waals surface area contributed by atoms with Crippen molar-refractivity contribution in [2.24, 2.45) is 0 Å². The maximum absolute atomic E-state index is 11.9. The summed E-state index contributed by atoms with van der Waals surface area (Å²) in [6.07, 6.45) is 5.97. The molecule has 1 N–H and O–H groups in total. The average Bonchev–Trinajstić information content (AvgIpc) is 2.56. The van der Waals surface area contributed by atoms with Crippen LogP contribution in [0.4, 0.5) is 0 Å². The van der Waals surface area contributed by atoms with Crippen LogP contribution in [0.25, 0.3) is 0 Å². The van der Waals surface area contributed by atoms with Gasteiger partial charge in [0.15, 0.2) is 17.3 Å². The van der Waals surface area contributed by atoms with Crippen molar-refractivity contribution in [1.82, 2.24) is 0 Å². The van der Waals surface area contributed by atoms with E-state index in [1.807, 2.05) is 0 Å². The highest BCUT2D eigenvalue weighted by Gasteiger charge is 2.09. The molecule has 0 saturated carbocycles. The number of aryl methyl sites for hydroxylation is 1. The zero-order valence-electron chi connectivity index (χ0n) is 14.6. The number of hydrogen-bond acceptors (Lipinski definition) is 5. The van der Waals surface area contributed by atoms with Crippen LogP contribution in [0.3, 0.4) is 0 Å². The number of rotatable bonds is 10. The summed E-state index contributed by atoms with van der Waals surface area (Å²) in [5.41, 5.74) is 0.913. The van der Waals surface area contributed by atoms with E-state index in [9.17, 15) is 14.7 Å². The lowest BCUT2D eigenvalue weighted by Crippen LogP contribution is -2.05. The van der Waals surface area contributed by atoms with Gasteiger partial charge in [-0.1, -0.05) is 31.9 Å². The zero-order chi connectivity index (χ0) is 17.9. The number of benzene rings is 1. The first kappa shape index (κ1) is 19.9. The van der Waals surface area contributed by atoms with Gasteiger partial charge in [-0.15, -0.1) is 0 Å². The van der Waals surface area contributed by atoms with Crippen LogP contribution in [-0.2, 0) is 16.0 Å². The summed E-state index contributed by atoms with van der Waals surface area (Å²) in [5.74, 6) is 0.372. The number of ether oxygens (including phenoxy) is 2. The quantitative estimate of drug-likeness (QED) is 0.404. The summed E-state index contributed by atoms with van der Waals surface area (Å²) in [6.45, 7) is 3.38. The maximum Gasteiger partial charge on any atom is 0.308 e. The number of carbonyl (C=O) groups excluding carboxylic acids is 2. The molecule has 5 nitrogen and oxygen atoms in total. The van der Waals surface area contributed by atoms with E-state index in [-0.39, 0.29) is 5.78 Å². The molecule has 1 aromatic rings. The van der Waals surface area contributed by atoms with Gasteiger partial charge in [0.2, 0.25) is 0 Å². The molecule has 0 amide bonds. The van der Waals surface area contributed by atoms with Gasteiger partial charge in [-0.05, 0) is 36.6 Å². The van der Waals surface area contributed by atoms with Gasteiger partial charge in [-0.3, -0.25) is 9.59 Å². The number of allylic oxidation sites excluding steroid dienone is 1. The summed E-state index contributed by atoms with van der Waals surface area (Å²) in [6, 6.07) is 5.21. The van der Waals surface area contributed by atoms with E-state index >= 15 is 0 Å². The van der Waals surface area contributed by atoms with E-state index < -0.39 is 12.1 Å². The summed E-state index contributed by atoms with van der Waals surface area (Å²) in [5, 5.41) is 9.69. The molecule has 0 aromatic heterocycles. The van der Waals surface area contributed by atoms with Gasteiger partial charge in [0.05, 0.1) is 13.2 Å². The second kappa shape index (κ2) is 10.6. The van der Waals surface area contributed by atoms with Gasteiger partial charge in [-0.25, -0.2) is 0 Å². The molecule has 0 heterocycles. The number of hydrogen-bond donors (Lipinski definition) is 1. The Kier molecular flexibility index (Phi) is 8.79. The summed E-state index contributed by atoms with van der Waals surface area (Å²) in [4.78, 5) is 22.9. The van der Waals surface area contributed by atoms with Gasteiger partial charge in [-0.2, -0.15) is 0 Å². The minimum atomic E-state index is -0.558. The first-order valence-corrected chi connectivity index (χ1v) is 8.20. The van der Waals surface area contributed by atoms with Crippen LogP contribution in [0.1, 0.15) is 45.1 Å². The smallest absolute Gasteiger partial charge is 0.308 e. The molecule has 1 aromatic carbocycles. The van der Waals surface area contributed by atoms with E-state index in [1.54, 1.807) is 24.3 Å². The zero-order valence-corrected chi connectivity index (χ0v) is 14.6. The van der Waals surface area contributed by atoms with Crippen LogP contribution >= 0.6 is 0 Å². The Bertz CT molecular complexity index is 577. The van der Waals surface area contributed by atoms with Crippen molar-refractivity contribution in [1.29, 1.82) is 0 Å². The Morgan fingerprint density at radius 3 is 2.67 bits per heavy atom. The molecule has 0 aliphatic carbocycles. The number of aliphatic hydroxyl groups is 1. The highest BCUT2D eigenvalue weighted by Crippen LogP contribution is 2.28. The molecule has 0 fully saturated rings. The highest BCUT2D eigenvalue weighted by atomic mass is 16.6. The van der Waals surface area contributed by atoms with Crippen molar-refractivity contribution in [2.75, 3.05) is 7.11 Å². The fourth-order valence-corrected chi connectivity index (χ4v) is 2.19. The summed E-state index contributed by atoms with van der Waals surface area (Å²) < 4.78 is 10.2. The molecule has 24 heavy (non-hydrogen) atoms. The van der Waals surface area contributed by atoms with E-state index in [2.05, 4.69) is 6.92 Å². The molecule has 0 aliphatic heterocycles. The largest absolute Gasteiger partial charge is 0.493 e. The molecule has 1 rings (SSSR count). The van der Waals surface area contributed by atoms with Gasteiger partial charge in [0, 0.05) is 13.3 Å². The fraction of sp³-hybridized carbons (Fsp3) is 0.474. The fourth-order valence-electron chi connectivity index (χ4n) is 2.19. The van der Waals surface area contributed by atoms with Crippen LogP contribution in [0.15, 0.2) is 30.4 Å². The number of aliphatic hydroxyl groups excluding tert-OH is 1. The minimum absolute atomic E-state index is 0.0337. The first-order valence-electron chi connectivity index (χ1n) is 8.20. The second-order valence-corrected chi connectivity index (χ2v) is 5.61. The van der Waals surface area contributed by atoms with Gasteiger partial charge in [0.25, 0.3) is 0 Å². The molecular weight excluding hydrogens is 308 g/mol. The third-order valence-corrected chi connectivity index (χ3v) is 3.50. The Hall–Kier alpha value is -2.14. The molecule has 0 bridgehead atoms. The molecule has 0 spiro atoms. The van der Waals surface area contributed by atoms with Crippen LogP contribution < -0.4 is 9.47 Å². The minimum Gasteiger partial charge on any atom is -0.493 e. The van der Waals surface area contributed by atoms with Crippen molar-refractivity contribution < 1.29 is 24.2 Å². The second-order valence-electron chi connectivity index (χ2n) is 5.61. The Morgan fingerprint density at radius 2 is 2.04 bits per heavy atom. The van der Waals surface area contributed by atoms with E-state index in [4.69, 9.17) is 9.47 Å². The Morgan fingerprint density at radius 1 is 1.29 bits per heavy atom. The first-order chi connectivity index (χ1) is 11.5. The molecule has 1 atom stereocenters. The molecule has 1 unspecified atom stereocenters. The standard InChI is InChI=1S/C19H26O5/c1-4-5-6-16(21)10-11-17(22)9-7-15-8-12-18(24-14(2)20)19(13-15)23-3/h8,10-13,16,21H,4-7,9H2,1-3H3/b11-10+. The third kappa shape index (κ3) is 7.42. The highest BCUT2D eigenvalue weighted by molar-refractivity contribution is 5.89. The summed E-state index contributed by atoms with van der Waals surface area (Å²) >= 11 is 0. The molecular formula is C19H26O5. The predicted octanol–water partition coefficient (Wildman–Crippen LogP) is 3.23. The lowest BCUT2D eigenvalue weighted by atomic mass is 10.1. The van der Waals surface area contributed by atoms with Gasteiger partial charge < -0.3 is 14.6 Å². The molecule has 0 aliphatic rings. The molecule has 132 valence electrons. The van der Waals surface area contributed by atoms with Crippen LogP contribution in [0.2, 0.25) is 0 Å². The SMILES string of the molecule is CCCCC(O)/C=C/C(=O)CCc1ccc(OC(C)=O)c(OC)c1. The summed E-state index contributed by atoms with van der Waals surface area (Å²) in [7, 11) is 1.50. The average molecular weight is 334 g/mol. The number of esters is 1. The van der Waals surface area contributed by atoms with Crippen molar-refractivity contribution in [3.05, 3.63) is 35.9 Å². The van der Waals surface area contributed by atoms with Crippen molar-refractivity contribution in [2.45, 2.75) is 52.1 Å². The normalized spacial score (nSPS) is 12.2. The van der Waals surface area contributed by atoms with Gasteiger partial charge in [0.1, 0.15) is 0 Å². The Labute approximate surface area is 143 Å². The maximum atomic E-state index is 11.9. The molecule has 5 heteroatoms. The van der Waals surface area contributed by atoms with Crippen LogP contribution in [-0.4, -0.2) is 30.1 Å². The molecule has 0 radical (unpaired) electrons. The predicted molar refractivity (Wildman–Crippen MR) is 92.3 cm³/mol. The Balaban J connectivity index is 2.56. The lowest BCUT2D eigenvalue weighted by molar-refractivity contribution is -0.132. The van der Waals surface area contributed by atoms with Crippen LogP contribution in [0, 0.1) is 0 Å². The monoisotopic (exact) mass is 334 g/mol. The lowest BCUT2D eigenvalue weighted by Gasteiger charge is -2.09. The van der Waals surface area contributed by atoms with E-state index in [0.29, 0.717) is 30.8 Å². The van der Waals surface area contributed by atoms with E-state index in [0.717, 1.165) is 18.4 Å². The van der Waals surface area contributed by atoms with E-state index in [1.165, 1.54) is 20.1 Å². The topological polar surface area (TPSA) is 72.8 Å². The van der Waals surface area contributed by atoms with Gasteiger partial charge >= 0.3 is 5.97 Å². The van der Waals surface area contributed by atoms with Crippen molar-refractivity contribution in [3.63, 3.8) is 0 Å². The number of unbranched alkanes of at least 4 members (excludes halogenated alkanes) is 1. The number of carbonyl (C=O) groups is 2. The molecule has 0 saturated heterocycles. The van der Waals surface area contributed by atoms with Crippen LogP contribution in [0.5, 0.6) is 11.5 Å². The number of ketones is 1. The van der Waals surface area contributed by atoms with Crippen molar-refractivity contribution >= 4 is 11.8 Å².